The van der Waals surface area contributed by atoms with E-state index in [-0.39, 0.29) is 12.5 Å². The van der Waals surface area contributed by atoms with Crippen molar-refractivity contribution in [3.8, 4) is 0 Å². The van der Waals surface area contributed by atoms with Crippen molar-refractivity contribution in [1.82, 2.24) is 14.6 Å². The van der Waals surface area contributed by atoms with E-state index in [0.717, 1.165) is 0 Å². The lowest BCUT2D eigenvalue weighted by molar-refractivity contribution is 0.00377. The summed E-state index contributed by atoms with van der Waals surface area (Å²) in [6.45, 7) is -0.317. The van der Waals surface area contributed by atoms with Crippen molar-refractivity contribution >= 4 is 23.2 Å². The van der Waals surface area contributed by atoms with Crippen LogP contribution in [-0.4, -0.2) is 38.8 Å². The van der Waals surface area contributed by atoms with E-state index in [1.807, 2.05) is 0 Å². The number of anilines is 1. The minimum Gasteiger partial charge on any atom is -0.385 e. The fourth-order valence-corrected chi connectivity index (χ4v) is 1.37. The number of rotatable bonds is 4. The smallest absolute Gasteiger partial charge is 0.265 e. The highest BCUT2D eigenvalue weighted by molar-refractivity contribution is 6.30. The molecule has 2 aromatic heterocycles. The Morgan fingerprint density at radius 2 is 2.24 bits per heavy atom. The van der Waals surface area contributed by atoms with Crippen LogP contribution in [0.2, 0.25) is 5.02 Å². The van der Waals surface area contributed by atoms with Crippen molar-refractivity contribution in [3.05, 3.63) is 23.4 Å². The van der Waals surface area contributed by atoms with Gasteiger partial charge in [-0.05, 0) is 12.1 Å². The van der Waals surface area contributed by atoms with Crippen LogP contribution in [0.1, 0.15) is 0 Å². The highest BCUT2D eigenvalue weighted by atomic mass is 35.5. The number of aliphatic hydroxyl groups is 1. The molecular weight excluding hydrogens is 254 g/mol. The average Bonchev–Trinajstić information content (AvgIpc) is 2.67. The molecule has 0 saturated carbocycles. The maximum atomic E-state index is 12.0. The van der Waals surface area contributed by atoms with Crippen molar-refractivity contribution in [2.45, 2.75) is 12.5 Å². The van der Waals surface area contributed by atoms with Gasteiger partial charge in [0.2, 0.25) is 5.95 Å². The van der Waals surface area contributed by atoms with Crippen LogP contribution < -0.4 is 5.32 Å². The Bertz CT molecular complexity index is 519. The number of fused-ring (bicyclic) bond motifs is 1. The molecule has 2 aromatic rings. The Kier molecular flexibility index (Phi) is 3.39. The lowest BCUT2D eigenvalue weighted by Gasteiger charge is -2.08. The van der Waals surface area contributed by atoms with Crippen LogP contribution in [0.5, 0.6) is 0 Å². The molecule has 8 heteroatoms. The number of pyridine rings is 1. The third-order valence-electron chi connectivity index (χ3n) is 2.06. The second-order valence-corrected chi connectivity index (χ2v) is 3.80. The molecule has 0 amide bonds. The first-order chi connectivity index (χ1) is 8.06. The van der Waals surface area contributed by atoms with Crippen LogP contribution in [0.15, 0.2) is 18.3 Å². The van der Waals surface area contributed by atoms with Crippen molar-refractivity contribution < 1.29 is 13.9 Å². The lowest BCUT2D eigenvalue weighted by Crippen LogP contribution is -2.27. The van der Waals surface area contributed by atoms with Gasteiger partial charge in [0, 0.05) is 12.7 Å². The van der Waals surface area contributed by atoms with E-state index in [1.165, 1.54) is 4.52 Å². The molecule has 0 aliphatic heterocycles. The Hall–Kier alpha value is -1.47. The number of nitrogens with one attached hydrogen (secondary N) is 1. The molecule has 0 bridgehead atoms. The summed E-state index contributed by atoms with van der Waals surface area (Å²) in [4.78, 5) is 4.01. The third-order valence-corrected chi connectivity index (χ3v) is 2.28. The van der Waals surface area contributed by atoms with Crippen LogP contribution in [0, 0.1) is 0 Å². The molecule has 0 aromatic carbocycles. The highest BCUT2D eigenvalue weighted by Crippen LogP contribution is 2.11. The van der Waals surface area contributed by atoms with Crippen LogP contribution in [0.25, 0.3) is 5.65 Å². The molecule has 0 radical (unpaired) electrons. The summed E-state index contributed by atoms with van der Waals surface area (Å²) in [5.74, 6) is 0.159. The number of hydrogen-bond donors (Lipinski definition) is 2. The van der Waals surface area contributed by atoms with E-state index in [4.69, 9.17) is 16.7 Å². The zero-order chi connectivity index (χ0) is 12.4. The van der Waals surface area contributed by atoms with Gasteiger partial charge in [-0.1, -0.05) is 11.6 Å². The van der Waals surface area contributed by atoms with Gasteiger partial charge >= 0.3 is 0 Å². The summed E-state index contributed by atoms with van der Waals surface area (Å²) in [7, 11) is 0. The Balaban J connectivity index is 2.09. The maximum absolute atomic E-state index is 12.0. The molecule has 1 unspecified atom stereocenters. The molecule has 2 N–H and O–H groups in total. The molecule has 1 atom stereocenters. The SMILES string of the molecule is OC(CNc1nc2ccc(Cl)cn2n1)C(F)F. The third kappa shape index (κ3) is 2.80. The second-order valence-electron chi connectivity index (χ2n) is 3.37. The molecule has 5 nitrogen and oxygen atoms in total. The van der Waals surface area contributed by atoms with Crippen molar-refractivity contribution in [2.75, 3.05) is 11.9 Å². The topological polar surface area (TPSA) is 62.5 Å². The first-order valence-electron chi connectivity index (χ1n) is 4.78. The molecule has 2 heterocycles. The Morgan fingerprint density at radius 1 is 1.47 bits per heavy atom. The number of aromatic nitrogens is 3. The molecule has 17 heavy (non-hydrogen) atoms. The molecule has 0 aliphatic rings. The largest absolute Gasteiger partial charge is 0.385 e. The zero-order valence-corrected chi connectivity index (χ0v) is 9.27. The molecule has 92 valence electrons. The van der Waals surface area contributed by atoms with Crippen molar-refractivity contribution in [1.29, 1.82) is 0 Å². The summed E-state index contributed by atoms with van der Waals surface area (Å²) in [6, 6.07) is 3.29. The van der Waals surface area contributed by atoms with Gasteiger partial charge in [0.25, 0.3) is 6.43 Å². The van der Waals surface area contributed by atoms with Crippen LogP contribution in [0.4, 0.5) is 14.7 Å². The lowest BCUT2D eigenvalue weighted by atomic mass is 10.4. The predicted octanol–water partition coefficient (Wildman–Crippen LogP) is 1.42. The number of aliphatic hydroxyl groups excluding tert-OH is 1. The number of alkyl halides is 2. The standard InChI is InChI=1S/C9H9ClF2N4O/c10-5-1-2-7-14-9(15-16(7)4-5)13-3-6(17)8(11)12/h1-2,4,6,8,17H,3H2,(H,13,15). The van der Waals surface area contributed by atoms with E-state index >= 15 is 0 Å². The summed E-state index contributed by atoms with van der Waals surface area (Å²) in [5.41, 5.74) is 0.531. The highest BCUT2D eigenvalue weighted by Gasteiger charge is 2.16. The fourth-order valence-electron chi connectivity index (χ4n) is 1.22. The van der Waals surface area contributed by atoms with E-state index in [1.54, 1.807) is 18.3 Å². The first-order valence-corrected chi connectivity index (χ1v) is 5.16. The summed E-state index contributed by atoms with van der Waals surface area (Å²) >= 11 is 5.75. The van der Waals surface area contributed by atoms with Crippen LogP contribution >= 0.6 is 11.6 Å². The minimum atomic E-state index is -2.80. The van der Waals surface area contributed by atoms with E-state index in [2.05, 4.69) is 15.4 Å². The van der Waals surface area contributed by atoms with Crippen molar-refractivity contribution in [3.63, 3.8) is 0 Å². The summed E-state index contributed by atoms with van der Waals surface area (Å²) < 4.78 is 25.5. The zero-order valence-electron chi connectivity index (χ0n) is 8.52. The van der Waals surface area contributed by atoms with Gasteiger partial charge in [0.15, 0.2) is 5.65 Å². The van der Waals surface area contributed by atoms with Gasteiger partial charge in [-0.15, -0.1) is 5.10 Å². The van der Waals surface area contributed by atoms with Crippen LogP contribution in [0.3, 0.4) is 0 Å². The Morgan fingerprint density at radius 3 is 2.94 bits per heavy atom. The monoisotopic (exact) mass is 262 g/mol. The molecule has 0 spiro atoms. The maximum Gasteiger partial charge on any atom is 0.265 e. The molecule has 0 fully saturated rings. The van der Waals surface area contributed by atoms with E-state index < -0.39 is 12.5 Å². The van der Waals surface area contributed by atoms with Gasteiger partial charge in [-0.25, -0.2) is 13.3 Å². The average molecular weight is 263 g/mol. The molecular formula is C9H9ClF2N4O. The summed E-state index contributed by atoms with van der Waals surface area (Å²) in [5, 5.41) is 15.9. The van der Waals surface area contributed by atoms with Gasteiger partial charge in [0.05, 0.1) is 5.02 Å². The van der Waals surface area contributed by atoms with E-state index in [0.29, 0.717) is 10.7 Å². The van der Waals surface area contributed by atoms with Crippen molar-refractivity contribution in [2.24, 2.45) is 0 Å². The quantitative estimate of drug-likeness (QED) is 0.875. The van der Waals surface area contributed by atoms with Gasteiger partial charge in [-0.3, -0.25) is 0 Å². The summed E-state index contributed by atoms with van der Waals surface area (Å²) in [6.07, 6.45) is -3.00. The normalized spacial score (nSPS) is 13.2. The van der Waals surface area contributed by atoms with Gasteiger partial charge in [-0.2, -0.15) is 4.98 Å². The number of nitrogens with zero attached hydrogens (tertiary/aromatic N) is 3. The minimum absolute atomic E-state index is 0.159. The molecule has 0 aliphatic carbocycles. The van der Waals surface area contributed by atoms with Gasteiger partial charge < -0.3 is 10.4 Å². The van der Waals surface area contributed by atoms with E-state index in [9.17, 15) is 8.78 Å². The Labute approximate surface area is 100 Å². The predicted molar refractivity (Wildman–Crippen MR) is 58.5 cm³/mol. The fraction of sp³-hybridized carbons (Fsp3) is 0.333. The number of hydrogen-bond acceptors (Lipinski definition) is 4. The molecule has 2 rings (SSSR count). The number of halogens is 3. The van der Waals surface area contributed by atoms with Gasteiger partial charge in [0.1, 0.15) is 6.10 Å². The van der Waals surface area contributed by atoms with Crippen LogP contribution in [-0.2, 0) is 0 Å². The molecule has 0 saturated heterocycles. The second kappa shape index (κ2) is 4.80. The first kappa shape index (κ1) is 12.0.